The predicted molar refractivity (Wildman–Crippen MR) is 72.2 cm³/mol. The van der Waals surface area contributed by atoms with Gasteiger partial charge in [-0.25, -0.2) is 0 Å². The number of aryl methyl sites for hydroxylation is 2. The lowest BCUT2D eigenvalue weighted by Crippen LogP contribution is -2.24. The lowest BCUT2D eigenvalue weighted by molar-refractivity contribution is -0.0504. The van der Waals surface area contributed by atoms with Crippen LogP contribution in [0.1, 0.15) is 21.7 Å². The second-order valence-electron chi connectivity index (χ2n) is 4.46. The molecule has 2 aromatic rings. The highest BCUT2D eigenvalue weighted by atomic mass is 19.3. The molecule has 0 spiro atoms. The van der Waals surface area contributed by atoms with Gasteiger partial charge in [0.25, 0.3) is 5.91 Å². The molecule has 0 saturated carbocycles. The van der Waals surface area contributed by atoms with Crippen molar-refractivity contribution in [3.05, 3.63) is 47.3 Å². The van der Waals surface area contributed by atoms with Crippen LogP contribution in [0.25, 0.3) is 0 Å². The van der Waals surface area contributed by atoms with Gasteiger partial charge in [0.15, 0.2) is 0 Å². The van der Waals surface area contributed by atoms with E-state index >= 15 is 0 Å². The largest absolute Gasteiger partial charge is 0.434 e. The Kier molecular flexibility index (Phi) is 4.52. The quantitative estimate of drug-likeness (QED) is 0.920. The van der Waals surface area contributed by atoms with Gasteiger partial charge >= 0.3 is 6.61 Å². The van der Waals surface area contributed by atoms with Gasteiger partial charge in [-0.3, -0.25) is 9.48 Å². The lowest BCUT2D eigenvalue weighted by Gasteiger charge is -2.10. The summed E-state index contributed by atoms with van der Waals surface area (Å²) in [6.07, 6.45) is 0. The van der Waals surface area contributed by atoms with E-state index in [-0.39, 0.29) is 23.9 Å². The average Bonchev–Trinajstić information content (AvgIpc) is 2.77. The smallest absolute Gasteiger partial charge is 0.387 e. The van der Waals surface area contributed by atoms with Crippen LogP contribution >= 0.6 is 0 Å². The van der Waals surface area contributed by atoms with E-state index in [4.69, 9.17) is 0 Å². The van der Waals surface area contributed by atoms with Gasteiger partial charge in [-0.1, -0.05) is 18.2 Å². The maximum atomic E-state index is 12.3. The van der Waals surface area contributed by atoms with Crippen LogP contribution in [0.15, 0.2) is 30.3 Å². The zero-order chi connectivity index (χ0) is 15.4. The number of aromatic nitrogens is 2. The Hall–Kier alpha value is -2.44. The number of rotatable bonds is 5. The molecule has 7 heteroatoms. The number of hydrogen-bond donors (Lipinski definition) is 1. The number of hydrogen-bond acceptors (Lipinski definition) is 3. The van der Waals surface area contributed by atoms with Crippen molar-refractivity contribution in [1.29, 1.82) is 0 Å². The summed E-state index contributed by atoms with van der Waals surface area (Å²) < 4.78 is 30.6. The topological polar surface area (TPSA) is 56.1 Å². The fraction of sp³-hybridized carbons (Fsp3) is 0.286. The van der Waals surface area contributed by atoms with Gasteiger partial charge in [-0.05, 0) is 19.1 Å². The molecule has 1 aromatic carbocycles. The summed E-state index contributed by atoms with van der Waals surface area (Å²) in [4.78, 5) is 11.9. The molecule has 0 fully saturated rings. The Morgan fingerprint density at radius 1 is 1.43 bits per heavy atom. The van der Waals surface area contributed by atoms with Crippen LogP contribution in [-0.2, 0) is 13.6 Å². The third kappa shape index (κ3) is 3.77. The van der Waals surface area contributed by atoms with Crippen molar-refractivity contribution in [2.24, 2.45) is 7.05 Å². The van der Waals surface area contributed by atoms with E-state index in [1.54, 1.807) is 36.0 Å². The highest BCUT2D eigenvalue weighted by Crippen LogP contribution is 2.20. The summed E-state index contributed by atoms with van der Waals surface area (Å²) in [5.41, 5.74) is 1.60. The van der Waals surface area contributed by atoms with E-state index in [0.717, 1.165) is 5.69 Å². The first-order valence-corrected chi connectivity index (χ1v) is 6.29. The van der Waals surface area contributed by atoms with Crippen LogP contribution in [0.4, 0.5) is 8.78 Å². The molecule has 1 aromatic heterocycles. The van der Waals surface area contributed by atoms with Crippen LogP contribution < -0.4 is 10.1 Å². The van der Waals surface area contributed by atoms with Gasteiger partial charge in [-0.2, -0.15) is 13.9 Å². The predicted octanol–water partition coefficient (Wildman–Crippen LogP) is 2.26. The molecule has 1 heterocycles. The van der Waals surface area contributed by atoms with Crippen molar-refractivity contribution in [1.82, 2.24) is 15.1 Å². The maximum Gasteiger partial charge on any atom is 0.387 e. The zero-order valence-corrected chi connectivity index (χ0v) is 11.6. The zero-order valence-electron chi connectivity index (χ0n) is 11.6. The lowest BCUT2D eigenvalue weighted by atomic mass is 10.2. The molecule has 0 aliphatic heterocycles. The second-order valence-corrected chi connectivity index (χ2v) is 4.46. The summed E-state index contributed by atoms with van der Waals surface area (Å²) in [5, 5.41) is 6.68. The van der Waals surface area contributed by atoms with Crippen LogP contribution in [-0.4, -0.2) is 22.3 Å². The minimum Gasteiger partial charge on any atom is -0.434 e. The summed E-state index contributed by atoms with van der Waals surface area (Å²) in [6, 6.07) is 7.97. The molecular weight excluding hydrogens is 280 g/mol. The number of nitrogens with one attached hydrogen (secondary N) is 1. The van der Waals surface area contributed by atoms with Gasteiger partial charge in [-0.15, -0.1) is 0 Å². The van der Waals surface area contributed by atoms with Gasteiger partial charge < -0.3 is 10.1 Å². The van der Waals surface area contributed by atoms with Crippen molar-refractivity contribution in [3.63, 3.8) is 0 Å². The van der Waals surface area contributed by atoms with Crippen LogP contribution in [0.3, 0.4) is 0 Å². The first-order chi connectivity index (χ1) is 9.97. The summed E-state index contributed by atoms with van der Waals surface area (Å²) in [7, 11) is 1.73. The molecule has 0 radical (unpaired) electrons. The molecule has 0 aliphatic carbocycles. The third-order valence-corrected chi connectivity index (χ3v) is 2.97. The molecule has 21 heavy (non-hydrogen) atoms. The Labute approximate surface area is 120 Å². The van der Waals surface area contributed by atoms with Gasteiger partial charge in [0.1, 0.15) is 11.4 Å². The number of ether oxygens (including phenoxy) is 1. The number of nitrogens with zero attached hydrogens (tertiary/aromatic N) is 2. The molecule has 0 saturated heterocycles. The van der Waals surface area contributed by atoms with E-state index in [2.05, 4.69) is 15.2 Å². The van der Waals surface area contributed by atoms with Crippen LogP contribution in [0.5, 0.6) is 5.75 Å². The SMILES string of the molecule is Cc1cc(C(=O)NCc2ccccc2OC(F)F)nn1C. The van der Waals surface area contributed by atoms with Crippen molar-refractivity contribution in [3.8, 4) is 5.75 Å². The molecule has 0 bridgehead atoms. The number of halogens is 2. The summed E-state index contributed by atoms with van der Waals surface area (Å²) in [5.74, 6) is -0.324. The van der Waals surface area contributed by atoms with E-state index in [9.17, 15) is 13.6 Å². The molecule has 0 aliphatic rings. The van der Waals surface area contributed by atoms with Crippen LogP contribution in [0, 0.1) is 6.92 Å². The van der Waals surface area contributed by atoms with Crippen LogP contribution in [0.2, 0.25) is 0 Å². The second kappa shape index (κ2) is 6.34. The molecule has 112 valence electrons. The molecule has 1 N–H and O–H groups in total. The molecule has 0 atom stereocenters. The number of carbonyl (C=O) groups is 1. The number of alkyl halides is 2. The number of para-hydroxylation sites is 1. The minimum atomic E-state index is -2.90. The molecule has 1 amide bonds. The fourth-order valence-electron chi connectivity index (χ4n) is 1.80. The molecular formula is C14H15F2N3O2. The van der Waals surface area contributed by atoms with E-state index in [1.165, 1.54) is 6.07 Å². The molecule has 0 unspecified atom stereocenters. The Balaban J connectivity index is 2.04. The normalized spacial score (nSPS) is 10.7. The minimum absolute atomic E-state index is 0.0463. The van der Waals surface area contributed by atoms with Crippen molar-refractivity contribution in [2.45, 2.75) is 20.1 Å². The number of benzene rings is 1. The molecule has 2 rings (SSSR count). The maximum absolute atomic E-state index is 12.3. The van der Waals surface area contributed by atoms with Crippen molar-refractivity contribution in [2.75, 3.05) is 0 Å². The Bertz CT molecular complexity index is 621. The van der Waals surface area contributed by atoms with E-state index < -0.39 is 6.61 Å². The third-order valence-electron chi connectivity index (χ3n) is 2.97. The van der Waals surface area contributed by atoms with Gasteiger partial charge in [0, 0.05) is 24.8 Å². The number of amides is 1. The average molecular weight is 295 g/mol. The standard InChI is InChI=1S/C14H15F2N3O2/c1-9-7-11(18-19(9)2)13(20)17-8-10-5-3-4-6-12(10)21-14(15)16/h3-7,14H,8H2,1-2H3,(H,17,20). The van der Waals surface area contributed by atoms with Crippen molar-refractivity contribution >= 4 is 5.91 Å². The fourth-order valence-corrected chi connectivity index (χ4v) is 1.80. The Morgan fingerprint density at radius 2 is 2.14 bits per heavy atom. The van der Waals surface area contributed by atoms with Gasteiger partial charge in [0.05, 0.1) is 0 Å². The monoisotopic (exact) mass is 295 g/mol. The first-order valence-electron chi connectivity index (χ1n) is 6.29. The highest BCUT2D eigenvalue weighted by molar-refractivity contribution is 5.92. The van der Waals surface area contributed by atoms with E-state index in [1.807, 2.05) is 6.92 Å². The first kappa shape index (κ1) is 15.0. The Morgan fingerprint density at radius 3 is 2.76 bits per heavy atom. The van der Waals surface area contributed by atoms with Crippen molar-refractivity contribution < 1.29 is 18.3 Å². The van der Waals surface area contributed by atoms with Gasteiger partial charge in [0.2, 0.25) is 0 Å². The molecule has 5 nitrogen and oxygen atoms in total. The number of carbonyl (C=O) groups excluding carboxylic acids is 1. The van der Waals surface area contributed by atoms with E-state index in [0.29, 0.717) is 5.56 Å². The highest BCUT2D eigenvalue weighted by Gasteiger charge is 2.13. The summed E-state index contributed by atoms with van der Waals surface area (Å²) >= 11 is 0. The summed E-state index contributed by atoms with van der Waals surface area (Å²) in [6.45, 7) is -0.993.